The second kappa shape index (κ2) is 8.68. The van der Waals surface area contributed by atoms with Crippen LogP contribution >= 0.6 is 11.8 Å². The van der Waals surface area contributed by atoms with Crippen LogP contribution in [0.4, 0.5) is 0 Å². The molecule has 3 aromatic rings. The topological polar surface area (TPSA) is 98.1 Å². The highest BCUT2D eigenvalue weighted by Crippen LogP contribution is 2.25. The number of hydrogen-bond donors (Lipinski definition) is 1. The minimum absolute atomic E-state index is 0.0262. The van der Waals surface area contributed by atoms with E-state index in [0.717, 1.165) is 4.90 Å². The zero-order valence-corrected chi connectivity index (χ0v) is 18.4. The van der Waals surface area contributed by atoms with Crippen molar-refractivity contribution >= 4 is 27.5 Å². The molecule has 160 valence electrons. The molecule has 0 unspecified atom stereocenters. The standard InChI is InChI=1S/C22H21N3O4S2/c1-15-2-8-19(9-3-15)30-20-10-11-21(26)25(24-20)18-6-4-16(5-7-18)22(27)23-17-12-13-31(28,29)14-17/h2-11,17H,12-14H2,1H3,(H,23,27)/t17-/m0/s1. The lowest BCUT2D eigenvalue weighted by molar-refractivity contribution is 0.0941. The van der Waals surface area contributed by atoms with Gasteiger partial charge in [-0.15, -0.1) is 0 Å². The molecule has 7 nitrogen and oxygen atoms in total. The van der Waals surface area contributed by atoms with E-state index in [1.165, 1.54) is 28.1 Å². The maximum absolute atomic E-state index is 12.4. The molecule has 1 aliphatic heterocycles. The Morgan fingerprint density at radius 1 is 1.06 bits per heavy atom. The lowest BCUT2D eigenvalue weighted by Gasteiger charge is -2.11. The average Bonchev–Trinajstić information content (AvgIpc) is 3.09. The molecule has 1 aliphatic rings. The number of rotatable bonds is 5. The first-order chi connectivity index (χ1) is 14.8. The Morgan fingerprint density at radius 2 is 1.77 bits per heavy atom. The molecule has 2 heterocycles. The third-order valence-corrected chi connectivity index (χ3v) is 7.66. The largest absolute Gasteiger partial charge is 0.348 e. The van der Waals surface area contributed by atoms with Crippen LogP contribution in [0.25, 0.3) is 5.69 Å². The van der Waals surface area contributed by atoms with Crippen molar-refractivity contribution in [2.45, 2.75) is 29.3 Å². The van der Waals surface area contributed by atoms with Crippen molar-refractivity contribution in [3.8, 4) is 5.69 Å². The van der Waals surface area contributed by atoms with Gasteiger partial charge in [0.2, 0.25) is 0 Å². The Bertz CT molecular complexity index is 1270. The van der Waals surface area contributed by atoms with Gasteiger partial charge in [-0.1, -0.05) is 29.5 Å². The van der Waals surface area contributed by atoms with Crippen LogP contribution < -0.4 is 10.9 Å². The van der Waals surface area contributed by atoms with E-state index in [4.69, 9.17) is 0 Å². The van der Waals surface area contributed by atoms with Crippen LogP contribution in [0.15, 0.2) is 75.4 Å². The third-order valence-electron chi connectivity index (χ3n) is 4.96. The second-order valence-corrected chi connectivity index (χ2v) is 10.8. The molecule has 31 heavy (non-hydrogen) atoms. The molecule has 1 atom stereocenters. The monoisotopic (exact) mass is 455 g/mol. The summed E-state index contributed by atoms with van der Waals surface area (Å²) in [6.45, 7) is 2.02. The van der Waals surface area contributed by atoms with Gasteiger partial charge in [-0.2, -0.15) is 9.78 Å². The van der Waals surface area contributed by atoms with Gasteiger partial charge in [0.1, 0.15) is 5.03 Å². The van der Waals surface area contributed by atoms with Crippen LogP contribution in [0.3, 0.4) is 0 Å². The van der Waals surface area contributed by atoms with Crippen molar-refractivity contribution in [3.63, 3.8) is 0 Å². The van der Waals surface area contributed by atoms with E-state index in [2.05, 4.69) is 10.4 Å². The highest BCUT2D eigenvalue weighted by Gasteiger charge is 2.29. The molecule has 0 saturated carbocycles. The second-order valence-electron chi connectivity index (χ2n) is 7.46. The number of benzene rings is 2. The van der Waals surface area contributed by atoms with Crippen LogP contribution in [0.1, 0.15) is 22.3 Å². The molecule has 0 radical (unpaired) electrons. The van der Waals surface area contributed by atoms with Gasteiger partial charge >= 0.3 is 0 Å². The van der Waals surface area contributed by atoms with Crippen LogP contribution in [-0.2, 0) is 9.84 Å². The maximum atomic E-state index is 12.4. The Labute approximate surface area is 184 Å². The third kappa shape index (κ3) is 5.23. The smallest absolute Gasteiger partial charge is 0.271 e. The molecule has 0 aliphatic carbocycles. The summed E-state index contributed by atoms with van der Waals surface area (Å²) in [5.41, 5.74) is 1.82. The average molecular weight is 456 g/mol. The number of sulfone groups is 1. The first-order valence-electron chi connectivity index (χ1n) is 9.76. The fourth-order valence-electron chi connectivity index (χ4n) is 3.29. The maximum Gasteiger partial charge on any atom is 0.271 e. The number of nitrogens with one attached hydrogen (secondary N) is 1. The fraction of sp³-hybridized carbons (Fsp3) is 0.227. The molecule has 0 spiro atoms. The predicted molar refractivity (Wildman–Crippen MR) is 120 cm³/mol. The molecule has 0 bridgehead atoms. The van der Waals surface area contributed by atoms with Gasteiger partial charge in [0.25, 0.3) is 11.5 Å². The highest BCUT2D eigenvalue weighted by atomic mass is 32.2. The van der Waals surface area contributed by atoms with Crippen molar-refractivity contribution in [2.24, 2.45) is 0 Å². The summed E-state index contributed by atoms with van der Waals surface area (Å²) in [5, 5.41) is 7.86. The van der Waals surface area contributed by atoms with Crippen molar-refractivity contribution in [1.82, 2.24) is 15.1 Å². The number of hydrogen-bond acceptors (Lipinski definition) is 6. The van der Waals surface area contributed by atoms with Gasteiger partial charge in [-0.05, 0) is 55.8 Å². The van der Waals surface area contributed by atoms with E-state index in [1.807, 2.05) is 31.2 Å². The molecule has 4 rings (SSSR count). The van der Waals surface area contributed by atoms with E-state index >= 15 is 0 Å². The summed E-state index contributed by atoms with van der Waals surface area (Å²) in [7, 11) is -3.06. The number of aromatic nitrogens is 2. The van der Waals surface area contributed by atoms with Crippen LogP contribution in [0.2, 0.25) is 0 Å². The molecule has 9 heteroatoms. The Balaban J connectivity index is 1.50. The molecule has 1 saturated heterocycles. The van der Waals surface area contributed by atoms with E-state index in [9.17, 15) is 18.0 Å². The summed E-state index contributed by atoms with van der Waals surface area (Å²) < 4.78 is 24.4. The molecular weight excluding hydrogens is 434 g/mol. The normalized spacial score (nSPS) is 17.4. The molecule has 2 aromatic carbocycles. The molecule has 1 aromatic heterocycles. The Kier molecular flexibility index (Phi) is 5.97. The predicted octanol–water partition coefficient (Wildman–Crippen LogP) is 2.61. The van der Waals surface area contributed by atoms with Gasteiger partial charge in [0, 0.05) is 22.6 Å². The summed E-state index contributed by atoms with van der Waals surface area (Å²) in [6, 6.07) is 17.3. The van der Waals surface area contributed by atoms with Gasteiger partial charge in [0.15, 0.2) is 9.84 Å². The first-order valence-corrected chi connectivity index (χ1v) is 12.4. The molecular formula is C22H21N3O4S2. The van der Waals surface area contributed by atoms with Crippen LogP contribution in [0, 0.1) is 6.92 Å². The minimum atomic E-state index is -3.06. The van der Waals surface area contributed by atoms with Crippen molar-refractivity contribution < 1.29 is 13.2 Å². The minimum Gasteiger partial charge on any atom is -0.348 e. The molecule has 1 amide bonds. The summed E-state index contributed by atoms with van der Waals surface area (Å²) in [6.07, 6.45) is 0.427. The van der Waals surface area contributed by atoms with E-state index in [1.54, 1.807) is 30.3 Å². The highest BCUT2D eigenvalue weighted by molar-refractivity contribution is 7.99. The summed E-state index contributed by atoms with van der Waals surface area (Å²) >= 11 is 1.46. The van der Waals surface area contributed by atoms with Gasteiger partial charge in [-0.25, -0.2) is 8.42 Å². The van der Waals surface area contributed by atoms with Crippen molar-refractivity contribution in [3.05, 3.63) is 82.1 Å². The number of nitrogens with zero attached hydrogens (tertiary/aromatic N) is 2. The number of aryl methyl sites for hydroxylation is 1. The van der Waals surface area contributed by atoms with Crippen molar-refractivity contribution in [1.29, 1.82) is 0 Å². The fourth-order valence-corrected chi connectivity index (χ4v) is 5.74. The van der Waals surface area contributed by atoms with E-state index in [-0.39, 0.29) is 29.0 Å². The molecule has 1 fully saturated rings. The lowest BCUT2D eigenvalue weighted by Crippen LogP contribution is -2.35. The molecule has 1 N–H and O–H groups in total. The zero-order valence-electron chi connectivity index (χ0n) is 16.8. The van der Waals surface area contributed by atoms with Gasteiger partial charge in [0.05, 0.1) is 17.2 Å². The number of carbonyl (C=O) groups excluding carboxylic acids is 1. The van der Waals surface area contributed by atoms with Crippen LogP contribution in [0.5, 0.6) is 0 Å². The Morgan fingerprint density at radius 3 is 2.42 bits per heavy atom. The van der Waals surface area contributed by atoms with E-state index in [0.29, 0.717) is 22.7 Å². The first kappa shape index (κ1) is 21.3. The Hall–Kier alpha value is -2.91. The summed E-state index contributed by atoms with van der Waals surface area (Å²) in [4.78, 5) is 25.8. The van der Waals surface area contributed by atoms with Gasteiger partial charge < -0.3 is 5.32 Å². The number of amides is 1. The lowest BCUT2D eigenvalue weighted by atomic mass is 10.1. The zero-order chi connectivity index (χ0) is 22.0. The van der Waals surface area contributed by atoms with Gasteiger partial charge in [-0.3, -0.25) is 9.59 Å². The SMILES string of the molecule is Cc1ccc(Sc2ccc(=O)n(-c3ccc(C(=O)N[C@H]4CCS(=O)(=O)C4)cc3)n2)cc1. The number of carbonyl (C=O) groups is 1. The summed E-state index contributed by atoms with van der Waals surface area (Å²) in [5.74, 6) is -0.262. The quantitative estimate of drug-likeness (QED) is 0.635. The van der Waals surface area contributed by atoms with Crippen LogP contribution in [-0.4, -0.2) is 41.7 Å². The van der Waals surface area contributed by atoms with E-state index < -0.39 is 9.84 Å². The van der Waals surface area contributed by atoms with Crippen molar-refractivity contribution in [2.75, 3.05) is 11.5 Å².